The standard InChI is InChI=1S/C21H15ClFN5O5/c22-12-2-3-14(13(23)8-12)24-18(29)9-28-19(30)6-4-15(26-28)21-25-20(27-33-21)11-1-5-16-17(7-11)32-10-31-16/h1-3,5,7-8H,4,6,9-10H2,(H,24,29). The van der Waals surface area contributed by atoms with Crippen molar-refractivity contribution >= 4 is 34.8 Å². The number of rotatable bonds is 5. The first kappa shape index (κ1) is 20.9. The van der Waals surface area contributed by atoms with Crippen molar-refractivity contribution in [2.24, 2.45) is 5.10 Å². The van der Waals surface area contributed by atoms with E-state index in [1.54, 1.807) is 18.2 Å². The predicted octanol–water partition coefficient (Wildman–Crippen LogP) is 3.22. The topological polar surface area (TPSA) is 119 Å². The van der Waals surface area contributed by atoms with Gasteiger partial charge in [-0.1, -0.05) is 16.8 Å². The molecule has 2 aliphatic heterocycles. The molecule has 1 aromatic heterocycles. The zero-order valence-corrected chi connectivity index (χ0v) is 17.6. The van der Waals surface area contributed by atoms with Crippen LogP contribution in [0.15, 0.2) is 46.0 Å². The number of halogens is 2. The third-order valence-corrected chi connectivity index (χ3v) is 5.14. The molecule has 3 heterocycles. The van der Waals surface area contributed by atoms with Crippen molar-refractivity contribution in [3.05, 3.63) is 53.1 Å². The lowest BCUT2D eigenvalue weighted by molar-refractivity contribution is -0.135. The fourth-order valence-electron chi connectivity index (χ4n) is 3.29. The van der Waals surface area contributed by atoms with Gasteiger partial charge in [-0.25, -0.2) is 9.40 Å². The van der Waals surface area contributed by atoms with Crippen LogP contribution in [0.4, 0.5) is 10.1 Å². The smallest absolute Gasteiger partial charge is 0.274 e. The number of hydrogen-bond acceptors (Lipinski definition) is 8. The number of nitrogens with zero attached hydrogens (tertiary/aromatic N) is 4. The first-order chi connectivity index (χ1) is 16.0. The van der Waals surface area contributed by atoms with Crippen LogP contribution in [0, 0.1) is 5.82 Å². The van der Waals surface area contributed by atoms with Crippen molar-refractivity contribution in [1.82, 2.24) is 15.1 Å². The highest BCUT2D eigenvalue weighted by atomic mass is 35.5. The molecule has 0 aliphatic carbocycles. The second-order valence-corrected chi connectivity index (χ2v) is 7.60. The Morgan fingerprint density at radius 2 is 2.00 bits per heavy atom. The molecular weight excluding hydrogens is 457 g/mol. The molecule has 0 unspecified atom stereocenters. The molecule has 0 spiro atoms. The lowest BCUT2D eigenvalue weighted by atomic mass is 10.1. The van der Waals surface area contributed by atoms with Crippen molar-refractivity contribution in [1.29, 1.82) is 0 Å². The molecule has 12 heteroatoms. The fraction of sp³-hybridized carbons (Fsp3) is 0.190. The molecule has 2 amide bonds. The van der Waals surface area contributed by atoms with E-state index in [9.17, 15) is 14.0 Å². The largest absolute Gasteiger partial charge is 0.454 e. The third-order valence-electron chi connectivity index (χ3n) is 4.91. The van der Waals surface area contributed by atoms with E-state index < -0.39 is 18.3 Å². The van der Waals surface area contributed by atoms with Gasteiger partial charge in [0.1, 0.15) is 18.1 Å². The number of hydrazone groups is 1. The summed E-state index contributed by atoms with van der Waals surface area (Å²) in [4.78, 5) is 29.0. The van der Waals surface area contributed by atoms with Crippen LogP contribution in [-0.2, 0) is 9.59 Å². The molecule has 0 bridgehead atoms. The summed E-state index contributed by atoms with van der Waals surface area (Å²) >= 11 is 5.71. The molecule has 168 valence electrons. The van der Waals surface area contributed by atoms with Crippen LogP contribution < -0.4 is 14.8 Å². The molecule has 2 aromatic carbocycles. The highest BCUT2D eigenvalue weighted by molar-refractivity contribution is 6.30. The van der Waals surface area contributed by atoms with Crippen LogP contribution in [-0.4, -0.2) is 46.0 Å². The van der Waals surface area contributed by atoms with Gasteiger partial charge in [-0.05, 0) is 36.4 Å². The molecule has 0 saturated heterocycles. The molecule has 33 heavy (non-hydrogen) atoms. The predicted molar refractivity (Wildman–Crippen MR) is 113 cm³/mol. The Morgan fingerprint density at radius 1 is 1.15 bits per heavy atom. The molecule has 0 atom stereocenters. The van der Waals surface area contributed by atoms with Crippen LogP contribution in [0.2, 0.25) is 5.02 Å². The van der Waals surface area contributed by atoms with Crippen LogP contribution in [0.5, 0.6) is 11.5 Å². The van der Waals surface area contributed by atoms with E-state index in [0.717, 1.165) is 11.1 Å². The Balaban J connectivity index is 1.31. The highest BCUT2D eigenvalue weighted by Crippen LogP contribution is 2.35. The first-order valence-electron chi connectivity index (χ1n) is 9.83. The number of benzene rings is 2. The second kappa shape index (κ2) is 8.51. The van der Waals surface area contributed by atoms with E-state index >= 15 is 0 Å². The maximum Gasteiger partial charge on any atom is 0.274 e. The van der Waals surface area contributed by atoms with E-state index in [1.807, 2.05) is 0 Å². The van der Waals surface area contributed by atoms with Gasteiger partial charge in [0.05, 0.1) is 5.69 Å². The fourth-order valence-corrected chi connectivity index (χ4v) is 3.45. The van der Waals surface area contributed by atoms with E-state index in [2.05, 4.69) is 20.6 Å². The van der Waals surface area contributed by atoms with Gasteiger partial charge in [0.2, 0.25) is 24.4 Å². The van der Waals surface area contributed by atoms with Crippen molar-refractivity contribution < 1.29 is 28.0 Å². The Kier molecular flexibility index (Phi) is 5.38. The van der Waals surface area contributed by atoms with E-state index in [-0.39, 0.29) is 42.1 Å². The van der Waals surface area contributed by atoms with E-state index in [1.165, 1.54) is 12.1 Å². The Labute approximate surface area is 190 Å². The number of carbonyl (C=O) groups is 2. The Bertz CT molecular complexity index is 1290. The van der Waals surface area contributed by atoms with Crippen LogP contribution in [0.3, 0.4) is 0 Å². The van der Waals surface area contributed by atoms with Crippen molar-refractivity contribution in [2.45, 2.75) is 12.8 Å². The van der Waals surface area contributed by atoms with Crippen molar-refractivity contribution in [3.8, 4) is 22.9 Å². The van der Waals surface area contributed by atoms with E-state index in [4.69, 9.17) is 25.6 Å². The third kappa shape index (κ3) is 4.35. The summed E-state index contributed by atoms with van der Waals surface area (Å²) < 4.78 is 29.9. The molecule has 0 saturated carbocycles. The molecule has 10 nitrogen and oxygen atoms in total. The number of nitrogens with one attached hydrogen (secondary N) is 1. The summed E-state index contributed by atoms with van der Waals surface area (Å²) in [5.41, 5.74) is 0.964. The summed E-state index contributed by atoms with van der Waals surface area (Å²) in [6.45, 7) is -0.261. The van der Waals surface area contributed by atoms with Gasteiger partial charge in [0.25, 0.3) is 5.89 Å². The number of anilines is 1. The van der Waals surface area contributed by atoms with Crippen LogP contribution >= 0.6 is 11.6 Å². The van der Waals surface area contributed by atoms with Crippen LogP contribution in [0.25, 0.3) is 11.4 Å². The lowest BCUT2D eigenvalue weighted by Crippen LogP contribution is -2.38. The SMILES string of the molecule is O=C(CN1N=C(c2nc(-c3ccc4c(c3)OCO4)no2)CCC1=O)Nc1ccc(Cl)cc1F. The summed E-state index contributed by atoms with van der Waals surface area (Å²) in [5, 5.41) is 11.8. The quantitative estimate of drug-likeness (QED) is 0.606. The number of carbonyl (C=O) groups excluding carboxylic acids is 2. The molecule has 0 radical (unpaired) electrons. The highest BCUT2D eigenvalue weighted by Gasteiger charge is 2.27. The van der Waals surface area contributed by atoms with Crippen LogP contribution in [0.1, 0.15) is 18.7 Å². The van der Waals surface area contributed by atoms with Gasteiger partial charge in [-0.15, -0.1) is 0 Å². The van der Waals surface area contributed by atoms with Crippen molar-refractivity contribution in [3.63, 3.8) is 0 Å². The normalized spacial score (nSPS) is 14.9. The number of amides is 2. The van der Waals surface area contributed by atoms with Gasteiger partial charge in [0, 0.05) is 23.4 Å². The van der Waals surface area contributed by atoms with Gasteiger partial charge in [-0.3, -0.25) is 9.59 Å². The minimum atomic E-state index is -0.688. The van der Waals surface area contributed by atoms with Gasteiger partial charge >= 0.3 is 0 Å². The van der Waals surface area contributed by atoms with Gasteiger partial charge in [-0.2, -0.15) is 10.1 Å². The maximum atomic E-state index is 13.9. The number of aromatic nitrogens is 2. The zero-order valence-electron chi connectivity index (χ0n) is 16.9. The maximum absolute atomic E-state index is 13.9. The molecule has 5 rings (SSSR count). The van der Waals surface area contributed by atoms with Gasteiger partial charge < -0.3 is 19.3 Å². The van der Waals surface area contributed by atoms with Crippen molar-refractivity contribution in [2.75, 3.05) is 18.7 Å². The average molecular weight is 472 g/mol. The minimum Gasteiger partial charge on any atom is -0.454 e. The molecule has 1 N–H and O–H groups in total. The summed E-state index contributed by atoms with van der Waals surface area (Å²) in [7, 11) is 0. The Morgan fingerprint density at radius 3 is 2.85 bits per heavy atom. The van der Waals surface area contributed by atoms with E-state index in [0.29, 0.717) is 28.6 Å². The number of ether oxygens (including phenoxy) is 2. The monoisotopic (exact) mass is 471 g/mol. The molecular formula is C21H15ClFN5O5. The first-order valence-corrected chi connectivity index (χ1v) is 10.2. The summed E-state index contributed by atoms with van der Waals surface area (Å²) in [5.74, 6) is -0.0254. The Hall–Kier alpha value is -3.99. The summed E-state index contributed by atoms with van der Waals surface area (Å²) in [6, 6.07) is 9.09. The summed E-state index contributed by atoms with van der Waals surface area (Å²) in [6.07, 6.45) is 0.370. The average Bonchev–Trinajstić information content (AvgIpc) is 3.46. The lowest BCUT2D eigenvalue weighted by Gasteiger charge is -2.21. The molecule has 3 aromatic rings. The molecule has 0 fully saturated rings. The minimum absolute atomic E-state index is 0.0525. The number of fused-ring (bicyclic) bond motifs is 1. The molecule has 2 aliphatic rings. The zero-order chi connectivity index (χ0) is 22.9. The van der Waals surface area contributed by atoms with Gasteiger partial charge in [0.15, 0.2) is 11.5 Å². The second-order valence-electron chi connectivity index (χ2n) is 7.16. The number of hydrogen-bond donors (Lipinski definition) is 1.